The molecule has 1 amide bonds. The zero-order valence-corrected chi connectivity index (χ0v) is 14.2. The number of nitroso groups, excluding NO2 is 1. The summed E-state index contributed by atoms with van der Waals surface area (Å²) in [4.78, 5) is 35.3. The van der Waals surface area contributed by atoms with Crippen molar-refractivity contribution in [1.29, 1.82) is 5.26 Å². The van der Waals surface area contributed by atoms with Crippen LogP contribution >= 0.6 is 0 Å². The zero-order chi connectivity index (χ0) is 18.2. The van der Waals surface area contributed by atoms with Crippen LogP contribution in [0.3, 0.4) is 0 Å². The third-order valence-corrected chi connectivity index (χ3v) is 4.09. The molecule has 0 aromatic heterocycles. The molecule has 1 atom stereocenters. The Morgan fingerprint density at radius 1 is 1.44 bits per heavy atom. The van der Waals surface area contributed by atoms with Gasteiger partial charge in [-0.2, -0.15) is 10.2 Å². The number of benzene rings is 1. The molecule has 0 radical (unpaired) electrons. The summed E-state index contributed by atoms with van der Waals surface area (Å²) in [5, 5.41) is 14.2. The lowest BCUT2D eigenvalue weighted by atomic mass is 9.68. The van der Waals surface area contributed by atoms with E-state index in [1.807, 2.05) is 13.0 Å². The molecular weight excluding hydrogens is 321 g/mol. The summed E-state index contributed by atoms with van der Waals surface area (Å²) in [7, 11) is -1.10. The summed E-state index contributed by atoms with van der Waals surface area (Å²) in [6.45, 7) is 2.01. The molecule has 1 aliphatic rings. The Hall–Kier alpha value is -2.69. The van der Waals surface area contributed by atoms with Crippen LogP contribution < -0.4 is 9.97 Å². The molecule has 1 unspecified atom stereocenters. The van der Waals surface area contributed by atoms with Crippen LogP contribution in [0.5, 0.6) is 5.75 Å². The van der Waals surface area contributed by atoms with Crippen molar-refractivity contribution >= 4 is 18.7 Å². The Bertz CT molecular complexity index is 702. The second kappa shape index (κ2) is 8.97. The zero-order valence-electron chi connectivity index (χ0n) is 14.2. The van der Waals surface area contributed by atoms with Gasteiger partial charge in [0.2, 0.25) is 5.91 Å². The van der Waals surface area contributed by atoms with E-state index in [2.05, 4.69) is 10.4 Å². The molecule has 0 fully saturated rings. The molecule has 1 heterocycles. The average molecular weight is 341 g/mol. The van der Waals surface area contributed by atoms with Crippen LogP contribution in [0.1, 0.15) is 54.9 Å². The summed E-state index contributed by atoms with van der Waals surface area (Å²) in [6, 6.07) is 7.16. The highest BCUT2D eigenvalue weighted by Crippen LogP contribution is 2.32. The SMILES string of the molecule is CCCCC(=O)c1cccc2c1OB(N=O)C(NC(=O)CCC#N)C2. The molecule has 0 spiro atoms. The molecule has 1 aromatic rings. The van der Waals surface area contributed by atoms with Gasteiger partial charge in [-0.25, -0.2) is 0 Å². The van der Waals surface area contributed by atoms with Gasteiger partial charge in [0.05, 0.1) is 17.6 Å². The molecule has 25 heavy (non-hydrogen) atoms. The third-order valence-electron chi connectivity index (χ3n) is 4.09. The van der Waals surface area contributed by atoms with Crippen molar-refractivity contribution in [3.05, 3.63) is 34.2 Å². The van der Waals surface area contributed by atoms with E-state index in [0.717, 1.165) is 18.4 Å². The fourth-order valence-electron chi connectivity index (χ4n) is 2.78. The number of nitrogens with zero attached hydrogens (tertiary/aromatic N) is 2. The van der Waals surface area contributed by atoms with Gasteiger partial charge in [-0.1, -0.05) is 30.6 Å². The van der Waals surface area contributed by atoms with Crippen molar-refractivity contribution in [2.45, 2.75) is 51.4 Å². The maximum absolute atomic E-state index is 12.4. The Balaban J connectivity index is 2.19. The number of unbranched alkanes of at least 4 members (excludes halogenated alkanes) is 1. The fourth-order valence-corrected chi connectivity index (χ4v) is 2.78. The van der Waals surface area contributed by atoms with E-state index in [0.29, 0.717) is 24.2 Å². The van der Waals surface area contributed by atoms with Gasteiger partial charge < -0.3 is 9.97 Å². The standard InChI is InChI=1S/C17H20BN3O4/c1-2-3-8-14(22)13-7-4-6-12-11-15(18(21-24)25-17(12)13)20-16(23)9-5-10-19/h4,6-7,15H,2-3,5,8-9,11H2,1H3,(H,20,23). The molecule has 0 aliphatic carbocycles. The molecule has 0 saturated carbocycles. The molecule has 1 aliphatic heterocycles. The first-order valence-electron chi connectivity index (χ1n) is 8.41. The lowest BCUT2D eigenvalue weighted by Gasteiger charge is -2.28. The first kappa shape index (κ1) is 18.7. The van der Waals surface area contributed by atoms with E-state index < -0.39 is 13.0 Å². The highest BCUT2D eigenvalue weighted by Gasteiger charge is 2.40. The number of fused-ring (bicyclic) bond motifs is 1. The van der Waals surface area contributed by atoms with E-state index in [9.17, 15) is 14.5 Å². The summed E-state index contributed by atoms with van der Waals surface area (Å²) in [6.07, 6.45) is 2.63. The second-order valence-corrected chi connectivity index (χ2v) is 5.97. The molecule has 1 aromatic carbocycles. The van der Waals surface area contributed by atoms with Crippen LogP contribution in [0.15, 0.2) is 23.3 Å². The van der Waals surface area contributed by atoms with Crippen molar-refractivity contribution in [1.82, 2.24) is 5.32 Å². The van der Waals surface area contributed by atoms with Gasteiger partial charge in [-0.15, -0.1) is 0 Å². The Labute approximate surface area is 146 Å². The Morgan fingerprint density at radius 2 is 2.24 bits per heavy atom. The Kier molecular flexibility index (Phi) is 6.69. The molecule has 2 rings (SSSR count). The van der Waals surface area contributed by atoms with E-state index in [1.165, 1.54) is 0 Å². The van der Waals surface area contributed by atoms with Crippen LogP contribution in [0.4, 0.5) is 0 Å². The summed E-state index contributed by atoms with van der Waals surface area (Å²) in [5.74, 6) is -0.588. The normalized spacial score (nSPS) is 15.5. The van der Waals surface area contributed by atoms with Crippen molar-refractivity contribution in [2.24, 2.45) is 5.09 Å². The summed E-state index contributed by atoms with van der Waals surface area (Å²) >= 11 is 0. The smallest absolute Gasteiger partial charge is 0.536 e. The number of amides is 1. The number of Topliss-reactive ketones (excluding diaryl/α,β-unsaturated/α-hetero) is 1. The van der Waals surface area contributed by atoms with Crippen molar-refractivity contribution in [3.63, 3.8) is 0 Å². The number of nitriles is 1. The Morgan fingerprint density at radius 3 is 2.92 bits per heavy atom. The molecule has 0 saturated heterocycles. The molecule has 0 bridgehead atoms. The predicted molar refractivity (Wildman–Crippen MR) is 93.0 cm³/mol. The minimum absolute atomic E-state index is 0.0279. The van der Waals surface area contributed by atoms with Gasteiger partial charge in [0, 0.05) is 19.3 Å². The minimum atomic E-state index is -1.10. The predicted octanol–water partition coefficient (Wildman–Crippen LogP) is 2.58. The van der Waals surface area contributed by atoms with Crippen LogP contribution in [0.25, 0.3) is 0 Å². The topological polar surface area (TPSA) is 109 Å². The number of rotatable bonds is 8. The molecule has 7 nitrogen and oxygen atoms in total. The number of hydrogen-bond donors (Lipinski definition) is 1. The highest BCUT2D eigenvalue weighted by atomic mass is 16.5. The minimum Gasteiger partial charge on any atom is -0.536 e. The lowest BCUT2D eigenvalue weighted by molar-refractivity contribution is -0.121. The number of nitrogens with one attached hydrogen (secondary N) is 1. The maximum Gasteiger partial charge on any atom is 0.570 e. The monoisotopic (exact) mass is 341 g/mol. The van der Waals surface area contributed by atoms with Gasteiger partial charge in [0.15, 0.2) is 5.78 Å². The maximum atomic E-state index is 12.4. The van der Waals surface area contributed by atoms with Gasteiger partial charge >= 0.3 is 7.05 Å². The van der Waals surface area contributed by atoms with Crippen LogP contribution in [0, 0.1) is 16.2 Å². The third kappa shape index (κ3) is 4.66. The second-order valence-electron chi connectivity index (χ2n) is 5.97. The number of para-hydroxylation sites is 1. The largest absolute Gasteiger partial charge is 0.570 e. The van der Waals surface area contributed by atoms with Crippen molar-refractivity contribution in [3.8, 4) is 11.8 Å². The van der Waals surface area contributed by atoms with Crippen LogP contribution in [-0.4, -0.2) is 24.7 Å². The number of carbonyl (C=O) groups excluding carboxylic acids is 2. The molecule has 1 N–H and O–H groups in total. The van der Waals surface area contributed by atoms with E-state index in [1.54, 1.807) is 18.2 Å². The van der Waals surface area contributed by atoms with E-state index in [-0.39, 0.29) is 24.5 Å². The number of carbonyl (C=O) groups is 2. The number of ketones is 1. The van der Waals surface area contributed by atoms with E-state index >= 15 is 0 Å². The molecular formula is C17H20BN3O4. The van der Waals surface area contributed by atoms with E-state index in [4.69, 9.17) is 9.92 Å². The first-order valence-corrected chi connectivity index (χ1v) is 8.41. The van der Waals surface area contributed by atoms with Gasteiger partial charge in [0.1, 0.15) is 5.75 Å². The van der Waals surface area contributed by atoms with Crippen molar-refractivity contribution in [2.75, 3.05) is 0 Å². The van der Waals surface area contributed by atoms with Crippen LogP contribution in [-0.2, 0) is 11.2 Å². The molecule has 8 heteroatoms. The summed E-state index contributed by atoms with van der Waals surface area (Å²) < 4.78 is 5.65. The van der Waals surface area contributed by atoms with Gasteiger partial charge in [0.25, 0.3) is 0 Å². The first-order chi connectivity index (χ1) is 12.1. The quantitative estimate of drug-likeness (QED) is 0.444. The fraction of sp³-hybridized carbons (Fsp3) is 0.471. The lowest BCUT2D eigenvalue weighted by Crippen LogP contribution is -2.52. The van der Waals surface area contributed by atoms with Crippen molar-refractivity contribution < 1.29 is 14.2 Å². The molecule has 130 valence electrons. The highest BCUT2D eigenvalue weighted by molar-refractivity contribution is 6.53. The average Bonchev–Trinajstić information content (AvgIpc) is 2.63. The van der Waals surface area contributed by atoms with Gasteiger partial charge in [-0.05, 0) is 24.5 Å². The van der Waals surface area contributed by atoms with Crippen LogP contribution in [0.2, 0.25) is 0 Å². The number of hydrogen-bond acceptors (Lipinski definition) is 6. The van der Waals surface area contributed by atoms with Gasteiger partial charge in [-0.3, -0.25) is 9.59 Å². The summed E-state index contributed by atoms with van der Waals surface area (Å²) in [5.41, 5.74) is 1.21.